The third-order valence-corrected chi connectivity index (χ3v) is 37.1. The van der Waals surface area contributed by atoms with Gasteiger partial charge < -0.3 is 0 Å². The lowest BCUT2D eigenvalue weighted by atomic mass is 10.1. The molecule has 0 bridgehead atoms. The molecule has 0 spiro atoms. The number of benzene rings is 1. The molecule has 0 fully saturated rings. The maximum absolute atomic E-state index is 2.86. The summed E-state index contributed by atoms with van der Waals surface area (Å²) in [5.74, 6) is 0. The van der Waals surface area contributed by atoms with Crippen molar-refractivity contribution in [2.75, 3.05) is 13.3 Å². The second kappa shape index (κ2) is 11.1. The van der Waals surface area contributed by atoms with E-state index in [0.29, 0.717) is 0 Å². The minimum absolute atomic E-state index is 0.167. The molecule has 0 N–H and O–H groups in total. The van der Waals surface area contributed by atoms with E-state index in [1.54, 1.807) is 5.56 Å². The number of hydrogen-bond acceptors (Lipinski definition) is 0. The van der Waals surface area contributed by atoms with Crippen molar-refractivity contribution in [3.8, 4) is 0 Å². The van der Waals surface area contributed by atoms with Gasteiger partial charge in [0.1, 0.15) is 0 Å². The van der Waals surface area contributed by atoms with Gasteiger partial charge in [-0.15, -0.1) is 0 Å². The van der Waals surface area contributed by atoms with Gasteiger partial charge in [0.2, 0.25) is 0 Å². The van der Waals surface area contributed by atoms with Gasteiger partial charge in [0.15, 0.2) is 0 Å². The topological polar surface area (TPSA) is 0 Å². The molecule has 0 saturated carbocycles. The van der Waals surface area contributed by atoms with Crippen LogP contribution in [-0.2, 0) is 0 Å². The van der Waals surface area contributed by atoms with E-state index in [4.69, 9.17) is 0 Å². The molecule has 0 heterocycles. The van der Waals surface area contributed by atoms with Crippen LogP contribution in [0.4, 0.5) is 0 Å². The summed E-state index contributed by atoms with van der Waals surface area (Å²) in [5, 5.41) is 4.29. The highest BCUT2D eigenvalue weighted by Gasteiger charge is 2.46. The van der Waals surface area contributed by atoms with E-state index in [1.165, 1.54) is 0 Å². The second-order valence-electron chi connectivity index (χ2n) is 18.4. The lowest BCUT2D eigenvalue weighted by molar-refractivity contribution is 1.10. The third-order valence-electron chi connectivity index (χ3n) is 7.79. The Hall–Kier alpha value is 0.951. The summed E-state index contributed by atoms with van der Waals surface area (Å²) in [7, 11) is -8.64. The highest BCUT2D eigenvalue weighted by molar-refractivity contribution is 7.64. The maximum atomic E-state index is 2.86. The molecule has 0 aliphatic heterocycles. The van der Waals surface area contributed by atoms with Gasteiger partial charge in [0, 0.05) is 48.4 Å². The van der Waals surface area contributed by atoms with Crippen LogP contribution in [0, 0.1) is 0 Å². The summed E-state index contributed by atoms with van der Waals surface area (Å²) in [5.41, 5.74) is 5.46. The smallest absolute Gasteiger partial charge is 0.0493 e. The Morgan fingerprint density at radius 3 is 0.806 bits per heavy atom. The SMILES string of the molecule is CP(C)c1c(C([Si](C)(C)C)[Si](C)(C)C)cc(C([Si](C)(C)C)[Si](C)(C)C)cc1C([Si](C)(C)C)[Si](C)(C)C. The van der Waals surface area contributed by atoms with Gasteiger partial charge in [0.25, 0.3) is 0 Å². The van der Waals surface area contributed by atoms with Crippen LogP contribution >= 0.6 is 7.92 Å². The third kappa shape index (κ3) is 8.47. The van der Waals surface area contributed by atoms with Crippen LogP contribution in [0.3, 0.4) is 0 Å². The molecule has 0 aromatic heterocycles. The van der Waals surface area contributed by atoms with Crippen molar-refractivity contribution in [2.45, 2.75) is 133 Å². The average Bonchev–Trinajstić information content (AvgIpc) is 2.44. The minimum Gasteiger partial charge on any atom is -0.0811 e. The molecule has 210 valence electrons. The summed E-state index contributed by atoms with van der Waals surface area (Å²) in [6.45, 7) is 53.1. The molecule has 0 atom stereocenters. The lowest BCUT2D eigenvalue weighted by Crippen LogP contribution is -2.52. The zero-order valence-electron chi connectivity index (χ0n) is 28.3. The van der Waals surface area contributed by atoms with Gasteiger partial charge in [-0.2, -0.15) is 0 Å². The van der Waals surface area contributed by atoms with E-state index in [0.717, 1.165) is 15.5 Å². The quantitative estimate of drug-likeness (QED) is 0.182. The van der Waals surface area contributed by atoms with Crippen LogP contribution in [0.5, 0.6) is 0 Å². The molecule has 7 heteroatoms. The summed E-state index contributed by atoms with van der Waals surface area (Å²) in [6, 6.07) is 5.71. The lowest BCUT2D eigenvalue weighted by Gasteiger charge is -2.46. The molecule has 0 aliphatic carbocycles. The zero-order valence-corrected chi connectivity index (χ0v) is 35.2. The van der Waals surface area contributed by atoms with Crippen LogP contribution in [0.2, 0.25) is 118 Å². The number of hydrogen-bond donors (Lipinski definition) is 0. The van der Waals surface area contributed by atoms with Crippen LogP contribution in [0.25, 0.3) is 0 Å². The summed E-state index contributed by atoms with van der Waals surface area (Å²) < 4.78 is 0. The first kappa shape index (κ1) is 35.0. The van der Waals surface area contributed by atoms with Crippen LogP contribution in [0.1, 0.15) is 32.2 Å². The molecule has 1 rings (SSSR count). The summed E-state index contributed by atoms with van der Waals surface area (Å²) in [4.78, 5) is 0. The molecule has 0 saturated heterocycles. The number of rotatable bonds is 10. The molecular weight excluding hydrogens is 548 g/mol. The predicted molar refractivity (Wildman–Crippen MR) is 193 cm³/mol. The first-order chi connectivity index (χ1) is 15.5. The monoisotopic (exact) mass is 612 g/mol. The molecule has 0 nitrogen and oxygen atoms in total. The summed E-state index contributed by atoms with van der Waals surface area (Å²) in [6.07, 6.45) is 0. The van der Waals surface area contributed by atoms with Gasteiger partial charge in [-0.1, -0.05) is 138 Å². The zero-order chi connectivity index (χ0) is 29.0. The minimum atomic E-state index is -1.42. The van der Waals surface area contributed by atoms with Gasteiger partial charge in [-0.25, -0.2) is 0 Å². The Kier molecular flexibility index (Phi) is 10.8. The molecule has 0 radical (unpaired) electrons. The van der Waals surface area contributed by atoms with Crippen molar-refractivity contribution in [1.82, 2.24) is 0 Å². The van der Waals surface area contributed by atoms with Gasteiger partial charge in [-0.05, 0) is 50.8 Å². The molecule has 0 unspecified atom stereocenters. The molecular formula is C29H65PSi6. The fraction of sp³-hybridized carbons (Fsp3) is 0.793. The Morgan fingerprint density at radius 2 is 0.639 bits per heavy atom. The van der Waals surface area contributed by atoms with Crippen molar-refractivity contribution in [2.24, 2.45) is 0 Å². The van der Waals surface area contributed by atoms with E-state index < -0.39 is 48.4 Å². The molecule has 0 amide bonds. The van der Waals surface area contributed by atoms with Crippen LogP contribution in [0.15, 0.2) is 12.1 Å². The van der Waals surface area contributed by atoms with E-state index in [-0.39, 0.29) is 7.92 Å². The Balaban J connectivity index is 4.51. The molecule has 0 aliphatic rings. The Labute approximate surface area is 236 Å². The van der Waals surface area contributed by atoms with Crippen molar-refractivity contribution in [3.63, 3.8) is 0 Å². The Morgan fingerprint density at radius 1 is 0.417 bits per heavy atom. The van der Waals surface area contributed by atoms with E-state index in [9.17, 15) is 0 Å². The van der Waals surface area contributed by atoms with E-state index >= 15 is 0 Å². The van der Waals surface area contributed by atoms with Gasteiger partial charge >= 0.3 is 0 Å². The second-order valence-corrected chi connectivity index (χ2v) is 54.3. The fourth-order valence-electron chi connectivity index (χ4n) is 8.59. The van der Waals surface area contributed by atoms with Crippen LogP contribution < -0.4 is 5.30 Å². The van der Waals surface area contributed by atoms with Gasteiger partial charge in [-0.3, -0.25) is 0 Å². The molecule has 36 heavy (non-hydrogen) atoms. The van der Waals surface area contributed by atoms with Crippen molar-refractivity contribution in [3.05, 3.63) is 28.8 Å². The van der Waals surface area contributed by atoms with Crippen LogP contribution in [-0.4, -0.2) is 61.8 Å². The highest BCUT2D eigenvalue weighted by Crippen LogP contribution is 2.47. The standard InChI is InChI=1S/C29H65PSi6/c1-30(2)26-24(28(33(9,10)11)34(12,13)14)21-23(27(31(3,4)5)32(6,7)8)22-25(26)29(35(15,16)17)36(18,19)20/h21-22,27-29H,1-20H3. The molecule has 1 aromatic rings. The largest absolute Gasteiger partial charge is 0.0811 e. The first-order valence-electron chi connectivity index (χ1n) is 14.4. The van der Waals surface area contributed by atoms with Crippen molar-refractivity contribution in [1.29, 1.82) is 0 Å². The molecule has 1 aromatic carbocycles. The normalized spacial score (nSPS) is 15.1. The van der Waals surface area contributed by atoms with Crippen molar-refractivity contribution >= 4 is 61.7 Å². The van der Waals surface area contributed by atoms with E-state index in [2.05, 4.69) is 143 Å². The van der Waals surface area contributed by atoms with E-state index in [1.807, 2.05) is 16.4 Å². The maximum Gasteiger partial charge on any atom is 0.0493 e. The fourth-order valence-corrected chi connectivity index (χ4v) is 48.6. The first-order valence-corrected chi connectivity index (χ1v) is 38.1. The van der Waals surface area contributed by atoms with Gasteiger partial charge in [0.05, 0.1) is 0 Å². The average molecular weight is 613 g/mol. The predicted octanol–water partition coefficient (Wildman–Crippen LogP) is 10.6. The highest BCUT2D eigenvalue weighted by atomic mass is 31.1. The summed E-state index contributed by atoms with van der Waals surface area (Å²) >= 11 is 0. The van der Waals surface area contributed by atoms with Crippen molar-refractivity contribution < 1.29 is 0 Å². The Bertz CT molecular complexity index is 802.